The van der Waals surface area contributed by atoms with Crippen LogP contribution in [0.4, 0.5) is 0 Å². The predicted octanol–water partition coefficient (Wildman–Crippen LogP) is 9.00. The van der Waals surface area contributed by atoms with E-state index in [-0.39, 0.29) is 18.9 Å². The fourth-order valence-corrected chi connectivity index (χ4v) is 9.11. The van der Waals surface area contributed by atoms with E-state index < -0.39 is 86.8 Å². The van der Waals surface area contributed by atoms with Gasteiger partial charge in [-0.1, -0.05) is 203 Å². The Hall–Kier alpha value is -2.31. The molecule has 72 heavy (non-hydrogen) atoms. The van der Waals surface area contributed by atoms with Crippen LogP contribution in [0.5, 0.6) is 0 Å². The number of hydrogen-bond acceptors (Lipinski definition) is 13. The molecule has 0 aromatic rings. The summed E-state index contributed by atoms with van der Waals surface area (Å²) in [6.07, 6.45) is 38.4. The zero-order valence-corrected chi connectivity index (χ0v) is 44.7. The highest BCUT2D eigenvalue weighted by molar-refractivity contribution is 5.76. The number of ether oxygens (including phenoxy) is 4. The van der Waals surface area contributed by atoms with E-state index in [4.69, 9.17) is 18.9 Å². The van der Waals surface area contributed by atoms with E-state index in [0.717, 1.165) is 64.2 Å². The van der Waals surface area contributed by atoms with Crippen molar-refractivity contribution < 1.29 is 64.6 Å². The van der Waals surface area contributed by atoms with Gasteiger partial charge in [0.15, 0.2) is 12.6 Å². The number of aliphatic hydroxyl groups excluding tert-OH is 8. The molecule has 0 aromatic heterocycles. The molecule has 0 radical (unpaired) electrons. The minimum absolute atomic E-state index is 0.243. The Morgan fingerprint density at radius 3 is 1.47 bits per heavy atom. The molecule has 14 heteroatoms. The Bertz CT molecular complexity index is 1440. The first-order valence-corrected chi connectivity index (χ1v) is 28.5. The molecule has 0 bridgehead atoms. The monoisotopic (exact) mass is 1020 g/mol. The Balaban J connectivity index is 1.70. The standard InChI is InChI=1S/C58H103NO13/c1-3-5-7-9-11-13-15-16-17-18-19-20-21-22-23-24-25-26-27-28-29-30-32-34-36-38-40-42-50(63)59-46(47(62)41-39-37-35-33-31-14-12-10-8-6-4-2)45-69-57-55(68)53(66)56(49(44-61)71-57)72-58-54(67)52(65)51(64)48(43-60)70-58/h5,7,11,13,16-17,19-20,39,41,46-49,51-58,60-62,64-68H,3-4,6,8-10,12,14-15,18,21-38,40,42-45H2,1-2H3,(H,59,63)/b7-5-,13-11-,17-16-,20-19-,41-39+. The van der Waals surface area contributed by atoms with Crippen LogP contribution in [0.2, 0.25) is 0 Å². The predicted molar refractivity (Wildman–Crippen MR) is 286 cm³/mol. The zero-order chi connectivity index (χ0) is 52.4. The van der Waals surface area contributed by atoms with Crippen LogP contribution in [-0.2, 0) is 23.7 Å². The van der Waals surface area contributed by atoms with Gasteiger partial charge in [0.2, 0.25) is 5.91 Å². The molecular weight excluding hydrogens is 919 g/mol. The van der Waals surface area contributed by atoms with Crippen LogP contribution in [0.25, 0.3) is 0 Å². The molecule has 12 atom stereocenters. The van der Waals surface area contributed by atoms with Gasteiger partial charge in [-0.3, -0.25) is 4.79 Å². The van der Waals surface area contributed by atoms with Gasteiger partial charge in [-0.05, 0) is 57.8 Å². The van der Waals surface area contributed by atoms with Crippen LogP contribution in [0.1, 0.15) is 206 Å². The van der Waals surface area contributed by atoms with Crippen LogP contribution in [-0.4, -0.2) is 140 Å². The molecule has 0 aliphatic carbocycles. The van der Waals surface area contributed by atoms with E-state index in [1.54, 1.807) is 6.08 Å². The highest BCUT2D eigenvalue weighted by atomic mass is 16.7. The van der Waals surface area contributed by atoms with Crippen LogP contribution in [0, 0.1) is 0 Å². The van der Waals surface area contributed by atoms with Crippen molar-refractivity contribution in [3.8, 4) is 0 Å². The van der Waals surface area contributed by atoms with E-state index in [9.17, 15) is 45.6 Å². The second kappa shape index (κ2) is 43.9. The Kier molecular flexibility index (Phi) is 40.1. The van der Waals surface area contributed by atoms with Crippen LogP contribution < -0.4 is 5.32 Å². The molecule has 2 heterocycles. The maximum Gasteiger partial charge on any atom is 0.220 e. The number of amides is 1. The summed E-state index contributed by atoms with van der Waals surface area (Å²) in [7, 11) is 0. The van der Waals surface area contributed by atoms with E-state index >= 15 is 0 Å². The highest BCUT2D eigenvalue weighted by Gasteiger charge is 2.51. The summed E-state index contributed by atoms with van der Waals surface area (Å²) in [5, 5.41) is 86.8. The van der Waals surface area contributed by atoms with Crippen molar-refractivity contribution in [2.24, 2.45) is 0 Å². The van der Waals surface area contributed by atoms with Gasteiger partial charge in [0.1, 0.15) is 48.8 Å². The van der Waals surface area contributed by atoms with Crippen molar-refractivity contribution in [2.45, 2.75) is 280 Å². The summed E-state index contributed by atoms with van der Waals surface area (Å²) in [4.78, 5) is 13.2. The zero-order valence-electron chi connectivity index (χ0n) is 44.7. The average molecular weight is 1020 g/mol. The summed E-state index contributed by atoms with van der Waals surface area (Å²) < 4.78 is 22.7. The third-order valence-corrected chi connectivity index (χ3v) is 13.7. The van der Waals surface area contributed by atoms with Crippen LogP contribution in [0.15, 0.2) is 60.8 Å². The number of allylic oxidation sites excluding steroid dienone is 9. The number of carbonyl (C=O) groups excluding carboxylic acids is 1. The van der Waals surface area contributed by atoms with E-state index in [2.05, 4.69) is 67.8 Å². The Morgan fingerprint density at radius 1 is 0.514 bits per heavy atom. The molecule has 9 N–H and O–H groups in total. The fourth-order valence-electron chi connectivity index (χ4n) is 9.11. The van der Waals surface area contributed by atoms with Crippen LogP contribution >= 0.6 is 0 Å². The smallest absolute Gasteiger partial charge is 0.220 e. The summed E-state index contributed by atoms with van der Waals surface area (Å²) in [5.41, 5.74) is 0. The second-order valence-electron chi connectivity index (χ2n) is 20.0. The first kappa shape index (κ1) is 65.8. The second-order valence-corrected chi connectivity index (χ2v) is 20.0. The third kappa shape index (κ3) is 29.7. The lowest BCUT2D eigenvalue weighted by atomic mass is 9.97. The molecule has 2 saturated heterocycles. The molecule has 2 aliphatic rings. The van der Waals surface area contributed by atoms with E-state index in [1.165, 1.54) is 116 Å². The maximum absolute atomic E-state index is 13.2. The molecule has 0 aromatic carbocycles. The highest BCUT2D eigenvalue weighted by Crippen LogP contribution is 2.30. The largest absolute Gasteiger partial charge is 0.394 e. The number of carbonyl (C=O) groups is 1. The third-order valence-electron chi connectivity index (χ3n) is 13.7. The molecule has 12 unspecified atom stereocenters. The molecule has 14 nitrogen and oxygen atoms in total. The molecule has 2 rings (SSSR count). The van der Waals surface area contributed by atoms with Crippen molar-refractivity contribution >= 4 is 5.91 Å². The SMILES string of the molecule is CC/C=C\C/C=C\C/C=C\C/C=C\CCCCCCCCCCCCCCCCC(=O)NC(COC1OC(CO)C(OC2OC(CO)C(O)C(O)C2O)C(O)C1O)C(O)/C=C/CCCCCCCCCCC. The van der Waals surface area contributed by atoms with Gasteiger partial charge in [0.25, 0.3) is 0 Å². The van der Waals surface area contributed by atoms with Gasteiger partial charge in [-0.25, -0.2) is 0 Å². The molecule has 2 fully saturated rings. The van der Waals surface area contributed by atoms with Crippen molar-refractivity contribution in [3.63, 3.8) is 0 Å². The maximum atomic E-state index is 13.2. The van der Waals surface area contributed by atoms with Gasteiger partial charge in [0, 0.05) is 6.42 Å². The van der Waals surface area contributed by atoms with Crippen molar-refractivity contribution in [3.05, 3.63) is 60.8 Å². The average Bonchev–Trinajstić information content (AvgIpc) is 3.38. The Morgan fingerprint density at radius 2 is 0.958 bits per heavy atom. The van der Waals surface area contributed by atoms with Gasteiger partial charge in [0.05, 0.1) is 32.0 Å². The van der Waals surface area contributed by atoms with Gasteiger partial charge in [-0.15, -0.1) is 0 Å². The van der Waals surface area contributed by atoms with Gasteiger partial charge < -0.3 is 65.1 Å². The number of nitrogens with one attached hydrogen (secondary N) is 1. The number of rotatable bonds is 44. The Labute approximate surface area is 435 Å². The number of unbranched alkanes of at least 4 members (excludes halogenated alkanes) is 23. The van der Waals surface area contributed by atoms with Crippen molar-refractivity contribution in [2.75, 3.05) is 19.8 Å². The van der Waals surface area contributed by atoms with Crippen molar-refractivity contribution in [1.29, 1.82) is 0 Å². The minimum atomic E-state index is -1.79. The molecule has 1 amide bonds. The van der Waals surface area contributed by atoms with E-state index in [1.807, 2.05) is 6.08 Å². The minimum Gasteiger partial charge on any atom is -0.394 e. The normalized spacial score (nSPS) is 26.0. The summed E-state index contributed by atoms with van der Waals surface area (Å²) >= 11 is 0. The number of hydrogen-bond donors (Lipinski definition) is 9. The van der Waals surface area contributed by atoms with Gasteiger partial charge in [-0.2, -0.15) is 0 Å². The summed E-state index contributed by atoms with van der Waals surface area (Å²) in [6.45, 7) is 2.66. The van der Waals surface area contributed by atoms with Crippen molar-refractivity contribution in [1.82, 2.24) is 5.32 Å². The first-order chi connectivity index (χ1) is 35.1. The molecular formula is C58H103NO13. The topological polar surface area (TPSA) is 228 Å². The lowest BCUT2D eigenvalue weighted by molar-refractivity contribution is -0.359. The summed E-state index contributed by atoms with van der Waals surface area (Å²) in [6, 6.07) is -0.915. The quantitative estimate of drug-likeness (QED) is 0.0205. The van der Waals surface area contributed by atoms with Gasteiger partial charge >= 0.3 is 0 Å². The van der Waals surface area contributed by atoms with E-state index in [0.29, 0.717) is 6.42 Å². The molecule has 0 spiro atoms. The lowest BCUT2D eigenvalue weighted by Gasteiger charge is -2.46. The molecule has 418 valence electrons. The molecule has 0 saturated carbocycles. The summed E-state index contributed by atoms with van der Waals surface area (Å²) in [5.74, 6) is -0.243. The first-order valence-electron chi connectivity index (χ1n) is 28.5. The number of aliphatic hydroxyl groups is 8. The fraction of sp³-hybridized carbons (Fsp3) is 0.810. The molecule has 2 aliphatic heterocycles. The van der Waals surface area contributed by atoms with Crippen LogP contribution in [0.3, 0.4) is 0 Å². The lowest BCUT2D eigenvalue weighted by Crippen LogP contribution is -2.65.